The van der Waals surface area contributed by atoms with Crippen LogP contribution in [0.3, 0.4) is 0 Å². The molecule has 0 bridgehead atoms. The minimum Gasteiger partial charge on any atom is -0.302 e. The van der Waals surface area contributed by atoms with Crippen LogP contribution in [0.2, 0.25) is 0 Å². The zero-order chi connectivity index (χ0) is 8.27. The smallest absolute Gasteiger partial charge is 0.137 e. The molecule has 2 nitrogen and oxygen atoms in total. The first-order valence-electron chi connectivity index (χ1n) is 3.36. The third-order valence-electron chi connectivity index (χ3n) is 1.30. The Morgan fingerprint density at radius 2 is 2.55 bits per heavy atom. The van der Waals surface area contributed by atoms with E-state index in [4.69, 9.17) is 17.0 Å². The summed E-state index contributed by atoms with van der Waals surface area (Å²) in [7, 11) is 0. The van der Waals surface area contributed by atoms with Crippen LogP contribution >= 0.6 is 22.9 Å². The molecular weight excluding hydrogens is 180 g/mol. The molecule has 0 saturated heterocycles. The first-order valence-corrected chi connectivity index (χ1v) is 4.71. The number of nitrogens with zero attached hydrogens (tertiary/aromatic N) is 1. The van der Waals surface area contributed by atoms with Crippen molar-refractivity contribution in [3.05, 3.63) is 16.1 Å². The van der Waals surface area contributed by atoms with Crippen LogP contribution in [0.25, 0.3) is 0 Å². The van der Waals surface area contributed by atoms with Gasteiger partial charge in [-0.25, -0.2) is 4.98 Å². The minimum atomic E-state index is 0.495. The Kier molecular flexibility index (Phi) is 3.02. The fraction of sp³-hybridized carbons (Fsp3) is 0.429. The van der Waals surface area contributed by atoms with E-state index in [1.807, 2.05) is 6.92 Å². The molecule has 0 aliphatic carbocycles. The molecule has 1 aromatic heterocycles. The Bertz CT molecular complexity index is 257. The Labute approximate surface area is 74.7 Å². The average molecular weight is 189 g/mol. The maximum Gasteiger partial charge on any atom is 0.137 e. The van der Waals surface area contributed by atoms with Crippen molar-refractivity contribution in [2.75, 3.05) is 0 Å². The molecule has 1 rings (SSSR count). The standard InChI is InChI=1S/C7H9ClN2S/c1-2-6(9)7-10-4-5(3-8)11-7/h4,9H,2-3H2,1H3. The van der Waals surface area contributed by atoms with E-state index in [0.717, 1.165) is 16.3 Å². The third-order valence-corrected chi connectivity index (χ3v) is 2.80. The van der Waals surface area contributed by atoms with Crippen LogP contribution in [0.5, 0.6) is 0 Å². The molecule has 60 valence electrons. The van der Waals surface area contributed by atoms with E-state index >= 15 is 0 Å². The number of thiazole rings is 1. The lowest BCUT2D eigenvalue weighted by Crippen LogP contribution is -1.93. The molecule has 1 N–H and O–H groups in total. The number of hydrogen-bond donors (Lipinski definition) is 1. The number of aromatic nitrogens is 1. The van der Waals surface area contributed by atoms with Gasteiger partial charge in [0, 0.05) is 11.1 Å². The highest BCUT2D eigenvalue weighted by atomic mass is 35.5. The van der Waals surface area contributed by atoms with Crippen LogP contribution in [0.1, 0.15) is 23.2 Å². The van der Waals surface area contributed by atoms with E-state index in [9.17, 15) is 0 Å². The topological polar surface area (TPSA) is 36.7 Å². The molecule has 11 heavy (non-hydrogen) atoms. The van der Waals surface area contributed by atoms with Crippen LogP contribution < -0.4 is 0 Å². The van der Waals surface area contributed by atoms with E-state index in [1.165, 1.54) is 11.3 Å². The summed E-state index contributed by atoms with van der Waals surface area (Å²) in [6.45, 7) is 1.95. The van der Waals surface area contributed by atoms with Gasteiger partial charge in [0.1, 0.15) is 5.01 Å². The molecular formula is C7H9ClN2S. The van der Waals surface area contributed by atoms with Crippen LogP contribution in [-0.4, -0.2) is 10.7 Å². The molecule has 0 spiro atoms. The summed E-state index contributed by atoms with van der Waals surface area (Å²) in [6.07, 6.45) is 2.46. The second-order valence-electron chi connectivity index (χ2n) is 2.10. The zero-order valence-corrected chi connectivity index (χ0v) is 7.80. The molecule has 1 aromatic rings. The quantitative estimate of drug-likeness (QED) is 0.575. The van der Waals surface area contributed by atoms with Crippen molar-refractivity contribution in [1.82, 2.24) is 4.98 Å². The van der Waals surface area contributed by atoms with Gasteiger partial charge in [-0.3, -0.25) is 0 Å². The summed E-state index contributed by atoms with van der Waals surface area (Å²) in [5.41, 5.74) is 0.589. The van der Waals surface area contributed by atoms with Crippen molar-refractivity contribution in [3.8, 4) is 0 Å². The van der Waals surface area contributed by atoms with E-state index in [-0.39, 0.29) is 0 Å². The van der Waals surface area contributed by atoms with E-state index in [2.05, 4.69) is 4.98 Å². The van der Waals surface area contributed by atoms with Crippen molar-refractivity contribution in [3.63, 3.8) is 0 Å². The van der Waals surface area contributed by atoms with Gasteiger partial charge in [-0.15, -0.1) is 22.9 Å². The molecule has 0 radical (unpaired) electrons. The third kappa shape index (κ3) is 2.01. The predicted octanol–water partition coefficient (Wildman–Crippen LogP) is 2.66. The average Bonchev–Trinajstić information content (AvgIpc) is 2.50. The zero-order valence-electron chi connectivity index (χ0n) is 6.22. The molecule has 0 fully saturated rings. The second-order valence-corrected chi connectivity index (χ2v) is 3.48. The van der Waals surface area contributed by atoms with Gasteiger partial charge in [0.15, 0.2) is 0 Å². The molecule has 0 saturated carbocycles. The van der Waals surface area contributed by atoms with Crippen LogP contribution in [0.4, 0.5) is 0 Å². The lowest BCUT2D eigenvalue weighted by molar-refractivity contribution is 1.22. The first kappa shape index (κ1) is 8.68. The molecule has 0 amide bonds. The van der Waals surface area contributed by atoms with Gasteiger partial charge in [-0.2, -0.15) is 0 Å². The maximum absolute atomic E-state index is 7.47. The predicted molar refractivity (Wildman–Crippen MR) is 48.8 cm³/mol. The molecule has 1 heterocycles. The Balaban J connectivity index is 2.80. The van der Waals surface area contributed by atoms with Crippen LogP contribution in [-0.2, 0) is 5.88 Å². The maximum atomic E-state index is 7.47. The summed E-state index contributed by atoms with van der Waals surface area (Å²) in [4.78, 5) is 5.09. The van der Waals surface area contributed by atoms with Crippen molar-refractivity contribution < 1.29 is 0 Å². The summed E-state index contributed by atoms with van der Waals surface area (Å²) in [5.74, 6) is 0.495. The number of hydrogen-bond acceptors (Lipinski definition) is 3. The van der Waals surface area contributed by atoms with Crippen LogP contribution in [0.15, 0.2) is 6.20 Å². The van der Waals surface area contributed by atoms with Crippen molar-refractivity contribution in [2.24, 2.45) is 0 Å². The van der Waals surface area contributed by atoms with Crippen molar-refractivity contribution >= 4 is 28.6 Å². The monoisotopic (exact) mass is 188 g/mol. The molecule has 0 aromatic carbocycles. The van der Waals surface area contributed by atoms with Crippen molar-refractivity contribution in [1.29, 1.82) is 5.41 Å². The lowest BCUT2D eigenvalue weighted by atomic mass is 10.3. The molecule has 0 aliphatic heterocycles. The molecule has 0 unspecified atom stereocenters. The molecule has 0 aliphatic rings. The highest BCUT2D eigenvalue weighted by Gasteiger charge is 2.03. The summed E-state index contributed by atoms with van der Waals surface area (Å²) >= 11 is 7.09. The van der Waals surface area contributed by atoms with Gasteiger partial charge < -0.3 is 5.41 Å². The first-order chi connectivity index (χ1) is 5.27. The molecule has 0 atom stereocenters. The Morgan fingerprint density at radius 1 is 1.82 bits per heavy atom. The number of nitrogens with one attached hydrogen (secondary N) is 1. The van der Waals surface area contributed by atoms with Crippen LogP contribution in [0, 0.1) is 5.41 Å². The van der Waals surface area contributed by atoms with Crippen molar-refractivity contribution in [2.45, 2.75) is 19.2 Å². The van der Waals surface area contributed by atoms with Gasteiger partial charge in [-0.05, 0) is 6.42 Å². The van der Waals surface area contributed by atoms with Gasteiger partial charge in [-0.1, -0.05) is 6.92 Å². The number of alkyl halides is 1. The largest absolute Gasteiger partial charge is 0.302 e. The summed E-state index contributed by atoms with van der Waals surface area (Å²) in [5, 5.41) is 8.27. The highest BCUT2D eigenvalue weighted by Crippen LogP contribution is 2.15. The van der Waals surface area contributed by atoms with Gasteiger partial charge in [0.2, 0.25) is 0 Å². The van der Waals surface area contributed by atoms with Gasteiger partial charge in [0.05, 0.1) is 11.6 Å². The summed E-state index contributed by atoms with van der Waals surface area (Å²) < 4.78 is 0. The summed E-state index contributed by atoms with van der Waals surface area (Å²) in [6, 6.07) is 0. The second kappa shape index (κ2) is 3.83. The van der Waals surface area contributed by atoms with Gasteiger partial charge >= 0.3 is 0 Å². The Morgan fingerprint density at radius 3 is 3.00 bits per heavy atom. The number of rotatable bonds is 3. The van der Waals surface area contributed by atoms with E-state index in [0.29, 0.717) is 11.6 Å². The minimum absolute atomic E-state index is 0.495. The number of halogens is 1. The fourth-order valence-electron chi connectivity index (χ4n) is 0.660. The van der Waals surface area contributed by atoms with E-state index < -0.39 is 0 Å². The normalized spacial score (nSPS) is 10.0. The Hall–Kier alpha value is -0.410. The SMILES string of the molecule is CCC(=N)c1ncc(CCl)s1. The lowest BCUT2D eigenvalue weighted by Gasteiger charge is -1.90. The van der Waals surface area contributed by atoms with Gasteiger partial charge in [0.25, 0.3) is 0 Å². The molecule has 4 heteroatoms. The highest BCUT2D eigenvalue weighted by molar-refractivity contribution is 7.13. The van der Waals surface area contributed by atoms with E-state index in [1.54, 1.807) is 6.20 Å². The fourth-order valence-corrected chi connectivity index (χ4v) is 1.67.